The van der Waals surface area contributed by atoms with E-state index in [0.717, 1.165) is 0 Å². The number of carbonyl (C=O) groups excluding carboxylic acids is 2. The molecule has 0 saturated carbocycles. The molecule has 0 spiro atoms. The van der Waals surface area contributed by atoms with Crippen LogP contribution < -0.4 is 15.0 Å². The number of ether oxygens (including phenoxy) is 1. The van der Waals surface area contributed by atoms with E-state index in [0.29, 0.717) is 24.4 Å². The Morgan fingerprint density at radius 2 is 2.05 bits per heavy atom. The van der Waals surface area contributed by atoms with E-state index in [1.54, 1.807) is 31.4 Å². The first-order chi connectivity index (χ1) is 9.67. The summed E-state index contributed by atoms with van der Waals surface area (Å²) >= 11 is 0. The number of nitrogens with zero attached hydrogens (tertiary/aromatic N) is 1. The molecule has 0 aliphatic carbocycles. The van der Waals surface area contributed by atoms with Crippen LogP contribution in [0.5, 0.6) is 5.75 Å². The Balaban J connectivity index is 2.07. The Hall–Kier alpha value is -1.92. The Kier molecular flexibility index (Phi) is 4.70. The summed E-state index contributed by atoms with van der Waals surface area (Å²) in [5.74, 6) is 0.294. The molecule has 6 nitrogen and oxygen atoms in total. The minimum absolute atomic E-state index is 0.0908. The summed E-state index contributed by atoms with van der Waals surface area (Å²) in [7, 11) is 1.56. The molecule has 1 fully saturated rings. The van der Waals surface area contributed by atoms with Gasteiger partial charge in [-0.15, -0.1) is 0 Å². The van der Waals surface area contributed by atoms with Crippen molar-refractivity contribution in [3.63, 3.8) is 0 Å². The van der Waals surface area contributed by atoms with Crippen molar-refractivity contribution < 1.29 is 24.7 Å². The zero-order valence-electron chi connectivity index (χ0n) is 11.4. The second kappa shape index (κ2) is 6.49. The van der Waals surface area contributed by atoms with Crippen molar-refractivity contribution in [1.82, 2.24) is 0 Å². The van der Waals surface area contributed by atoms with E-state index in [4.69, 9.17) is 9.84 Å². The average molecular weight is 279 g/mol. The smallest absolute Gasteiger partial charge is 0.292 e. The number of benzene rings is 1. The van der Waals surface area contributed by atoms with Crippen LogP contribution in [0.3, 0.4) is 0 Å². The largest absolute Gasteiger partial charge is 0.497 e. The van der Waals surface area contributed by atoms with Crippen LogP contribution in [-0.4, -0.2) is 43.2 Å². The molecule has 2 rings (SSSR count). The van der Waals surface area contributed by atoms with Gasteiger partial charge in [-0.1, -0.05) is 0 Å². The Morgan fingerprint density at radius 3 is 2.65 bits per heavy atom. The van der Waals surface area contributed by atoms with E-state index in [-0.39, 0.29) is 30.9 Å². The number of hydrogen-bond donors (Lipinski definition) is 2. The van der Waals surface area contributed by atoms with Crippen LogP contribution in [-0.2, 0) is 9.59 Å². The van der Waals surface area contributed by atoms with E-state index < -0.39 is 0 Å². The molecule has 0 aromatic heterocycles. The zero-order valence-corrected chi connectivity index (χ0v) is 11.4. The lowest BCUT2D eigenvalue weighted by Crippen LogP contribution is -2.91. The van der Waals surface area contributed by atoms with Crippen molar-refractivity contribution in [3.05, 3.63) is 24.3 Å². The highest BCUT2D eigenvalue weighted by Gasteiger charge is 2.41. The number of anilines is 1. The first-order valence-corrected chi connectivity index (χ1v) is 6.62. The second-order valence-electron chi connectivity index (χ2n) is 4.68. The molecule has 1 aromatic rings. The molecular weight excluding hydrogens is 260 g/mol. The summed E-state index contributed by atoms with van der Waals surface area (Å²) in [5.41, 5.74) is 0.568. The SMILES string of the molecule is COc1ccc(N2C(=O)C[C@@H]([NH2+]CCCO)C2=O)cc1. The molecule has 1 saturated heterocycles. The van der Waals surface area contributed by atoms with Gasteiger partial charge in [0.15, 0.2) is 6.04 Å². The number of aliphatic hydroxyl groups excluding tert-OH is 1. The van der Waals surface area contributed by atoms with Gasteiger partial charge in [0.25, 0.3) is 5.91 Å². The van der Waals surface area contributed by atoms with Gasteiger partial charge in [0.05, 0.1) is 25.8 Å². The molecule has 1 aliphatic heterocycles. The lowest BCUT2D eigenvalue weighted by molar-refractivity contribution is -0.674. The van der Waals surface area contributed by atoms with Gasteiger partial charge in [-0.25, -0.2) is 4.90 Å². The Bertz CT molecular complexity index is 486. The fourth-order valence-corrected chi connectivity index (χ4v) is 2.25. The van der Waals surface area contributed by atoms with Crippen molar-refractivity contribution in [1.29, 1.82) is 0 Å². The van der Waals surface area contributed by atoms with Gasteiger partial charge in [0.1, 0.15) is 5.75 Å². The van der Waals surface area contributed by atoms with Crippen LogP contribution in [0.4, 0.5) is 5.69 Å². The fourth-order valence-electron chi connectivity index (χ4n) is 2.25. The number of imide groups is 1. The molecule has 108 valence electrons. The van der Waals surface area contributed by atoms with E-state index in [1.807, 2.05) is 5.32 Å². The zero-order chi connectivity index (χ0) is 14.5. The number of quaternary nitrogens is 1. The van der Waals surface area contributed by atoms with Crippen LogP contribution in [0, 0.1) is 0 Å². The van der Waals surface area contributed by atoms with Crippen LogP contribution in [0.25, 0.3) is 0 Å². The number of aliphatic hydroxyl groups is 1. The molecule has 6 heteroatoms. The standard InChI is InChI=1S/C14H18N2O4/c1-20-11-5-3-10(4-6-11)16-13(18)9-12(14(16)19)15-7-2-8-17/h3-6,12,15,17H,2,7-9H2,1H3/p+1/t12-/m1/s1. The summed E-state index contributed by atoms with van der Waals surface area (Å²) in [6, 6.07) is 6.46. The van der Waals surface area contributed by atoms with Gasteiger partial charge in [-0.05, 0) is 24.3 Å². The van der Waals surface area contributed by atoms with Gasteiger partial charge in [0.2, 0.25) is 5.91 Å². The topological polar surface area (TPSA) is 83.4 Å². The average Bonchev–Trinajstić information content (AvgIpc) is 2.74. The maximum Gasteiger partial charge on any atom is 0.292 e. The van der Waals surface area contributed by atoms with Crippen molar-refractivity contribution in [3.8, 4) is 5.75 Å². The molecule has 1 heterocycles. The molecule has 2 amide bonds. The minimum atomic E-state index is -0.379. The summed E-state index contributed by atoms with van der Waals surface area (Å²) in [6.07, 6.45) is 0.816. The maximum absolute atomic E-state index is 12.2. The van der Waals surface area contributed by atoms with Gasteiger partial charge in [0, 0.05) is 13.0 Å². The third-order valence-corrected chi connectivity index (χ3v) is 3.33. The Morgan fingerprint density at radius 1 is 1.35 bits per heavy atom. The van der Waals surface area contributed by atoms with Gasteiger partial charge in [-0.3, -0.25) is 9.59 Å². The molecule has 0 radical (unpaired) electrons. The molecule has 1 atom stereocenters. The van der Waals surface area contributed by atoms with Crippen LogP contribution in [0.2, 0.25) is 0 Å². The predicted octanol–water partition coefficient (Wildman–Crippen LogP) is -0.727. The number of carbonyl (C=O) groups is 2. The number of rotatable bonds is 6. The monoisotopic (exact) mass is 279 g/mol. The lowest BCUT2D eigenvalue weighted by Gasteiger charge is -2.14. The third-order valence-electron chi connectivity index (χ3n) is 3.33. The molecule has 0 bridgehead atoms. The Labute approximate surface area is 117 Å². The molecular formula is C14H19N2O4+. The van der Waals surface area contributed by atoms with Gasteiger partial charge < -0.3 is 15.2 Å². The van der Waals surface area contributed by atoms with Crippen LogP contribution in [0.1, 0.15) is 12.8 Å². The van der Waals surface area contributed by atoms with Crippen molar-refractivity contribution in [2.24, 2.45) is 0 Å². The van der Waals surface area contributed by atoms with E-state index in [9.17, 15) is 9.59 Å². The van der Waals surface area contributed by atoms with Crippen molar-refractivity contribution >= 4 is 17.5 Å². The summed E-state index contributed by atoms with van der Waals surface area (Å²) in [6.45, 7) is 0.726. The maximum atomic E-state index is 12.2. The molecule has 3 N–H and O–H groups in total. The number of hydrogen-bond acceptors (Lipinski definition) is 4. The van der Waals surface area contributed by atoms with E-state index in [2.05, 4.69) is 0 Å². The summed E-state index contributed by atoms with van der Waals surface area (Å²) in [5, 5.41) is 10.6. The van der Waals surface area contributed by atoms with Crippen LogP contribution >= 0.6 is 0 Å². The highest BCUT2D eigenvalue weighted by atomic mass is 16.5. The first kappa shape index (κ1) is 14.5. The van der Waals surface area contributed by atoms with E-state index in [1.165, 1.54) is 4.90 Å². The van der Waals surface area contributed by atoms with Crippen LogP contribution in [0.15, 0.2) is 24.3 Å². The highest BCUT2D eigenvalue weighted by molar-refractivity contribution is 6.21. The summed E-state index contributed by atoms with van der Waals surface area (Å²) in [4.78, 5) is 25.5. The van der Waals surface area contributed by atoms with Crippen molar-refractivity contribution in [2.45, 2.75) is 18.9 Å². The van der Waals surface area contributed by atoms with Crippen molar-refractivity contribution in [2.75, 3.05) is 25.2 Å². The number of methoxy groups -OCH3 is 1. The molecule has 20 heavy (non-hydrogen) atoms. The quantitative estimate of drug-likeness (QED) is 0.531. The van der Waals surface area contributed by atoms with E-state index >= 15 is 0 Å². The highest BCUT2D eigenvalue weighted by Crippen LogP contribution is 2.24. The lowest BCUT2D eigenvalue weighted by atomic mass is 10.2. The fraction of sp³-hybridized carbons (Fsp3) is 0.429. The molecule has 0 unspecified atom stereocenters. The molecule has 1 aromatic carbocycles. The predicted molar refractivity (Wildman–Crippen MR) is 72.4 cm³/mol. The third kappa shape index (κ3) is 2.97. The molecule has 1 aliphatic rings. The van der Waals surface area contributed by atoms with Gasteiger partial charge >= 0.3 is 0 Å². The minimum Gasteiger partial charge on any atom is -0.497 e. The second-order valence-corrected chi connectivity index (χ2v) is 4.68. The van der Waals surface area contributed by atoms with Gasteiger partial charge in [-0.2, -0.15) is 0 Å². The first-order valence-electron chi connectivity index (χ1n) is 6.62. The normalized spacial score (nSPS) is 18.7. The summed E-state index contributed by atoms with van der Waals surface area (Å²) < 4.78 is 5.05. The number of amides is 2. The number of nitrogens with two attached hydrogens (primary N) is 1.